The van der Waals surface area contributed by atoms with Gasteiger partial charge in [-0.1, -0.05) is 21.4 Å². The molecule has 32 heavy (non-hydrogen) atoms. The number of aliphatic imine (C=N–C) groups is 2. The zero-order valence-corrected chi connectivity index (χ0v) is 17.2. The van der Waals surface area contributed by atoms with Gasteiger partial charge in [-0.05, 0) is 51.7 Å². The molecule has 0 heterocycles. The molecule has 1 aromatic rings. The van der Waals surface area contributed by atoms with Crippen LogP contribution in [0.15, 0.2) is 73.0 Å². The summed E-state index contributed by atoms with van der Waals surface area (Å²) in [5.41, 5.74) is -1.43. The molecule has 0 fully saturated rings. The van der Waals surface area contributed by atoms with E-state index in [1.54, 1.807) is 0 Å². The van der Waals surface area contributed by atoms with E-state index in [0.29, 0.717) is 0 Å². The van der Waals surface area contributed by atoms with Crippen LogP contribution in [0.25, 0.3) is 0 Å². The summed E-state index contributed by atoms with van der Waals surface area (Å²) in [6.07, 6.45) is 3.59. The van der Waals surface area contributed by atoms with Crippen LogP contribution in [0, 0.1) is 0 Å². The van der Waals surface area contributed by atoms with Gasteiger partial charge in [-0.15, -0.1) is 0 Å². The average molecular weight is 502 g/mol. The molecule has 2 atom stereocenters. The molecule has 0 bridgehead atoms. The lowest BCUT2D eigenvalue weighted by Crippen LogP contribution is -2.13. The van der Waals surface area contributed by atoms with E-state index in [1.807, 2.05) is 0 Å². The van der Waals surface area contributed by atoms with Crippen LogP contribution in [0.3, 0.4) is 0 Å². The first-order valence-electron chi connectivity index (χ1n) is 7.95. The third-order valence-corrected chi connectivity index (χ3v) is 5.66. The van der Waals surface area contributed by atoms with Crippen molar-refractivity contribution >= 4 is 49.5 Å². The molecule has 8 nitrogen and oxygen atoms in total. The van der Waals surface area contributed by atoms with Crippen LogP contribution >= 0.6 is 0 Å². The minimum Gasteiger partial charge on any atom is -0.262 e. The second kappa shape index (κ2) is 10.2. The lowest BCUT2D eigenvalue weighted by Gasteiger charge is -2.11. The van der Waals surface area contributed by atoms with Crippen molar-refractivity contribution in [3.8, 4) is 0 Å². The third-order valence-electron chi connectivity index (χ3n) is 3.50. The van der Waals surface area contributed by atoms with Crippen molar-refractivity contribution in [3.63, 3.8) is 0 Å². The molecule has 1 aromatic carbocycles. The number of halogens is 6. The Kier molecular flexibility index (Phi) is 8.11. The van der Waals surface area contributed by atoms with Crippen molar-refractivity contribution in [3.05, 3.63) is 54.3 Å². The van der Waals surface area contributed by atoms with Crippen LogP contribution in [0.4, 0.5) is 43.7 Å². The monoisotopic (exact) mass is 502 g/mol. The largest absolute Gasteiger partial charge is 0.345 e. The van der Waals surface area contributed by atoms with E-state index in [0.717, 1.165) is 18.2 Å². The summed E-state index contributed by atoms with van der Waals surface area (Å²) in [5.74, 6) is -7.62. The minimum absolute atomic E-state index is 0.135. The van der Waals surface area contributed by atoms with Gasteiger partial charge in [0.2, 0.25) is 0 Å². The molecular formula is C16H12F6N4O4S2. The van der Waals surface area contributed by atoms with Gasteiger partial charge in [0.15, 0.2) is 0 Å². The van der Waals surface area contributed by atoms with Crippen LogP contribution in [-0.2, 0) is 28.8 Å². The van der Waals surface area contributed by atoms with E-state index in [1.165, 1.54) is 18.2 Å². The van der Waals surface area contributed by atoms with Gasteiger partial charge in [-0.25, -0.2) is 13.4 Å². The van der Waals surface area contributed by atoms with E-state index < -0.39 is 42.9 Å². The first kappa shape index (κ1) is 25.4. The highest BCUT2D eigenvalue weighted by atomic mass is 32.2. The maximum absolute atomic E-state index is 12.9. The van der Waals surface area contributed by atoms with E-state index >= 15 is 0 Å². The van der Waals surface area contributed by atoms with Gasteiger partial charge >= 0.3 is 11.5 Å². The smallest absolute Gasteiger partial charge is 0.262 e. The summed E-state index contributed by atoms with van der Waals surface area (Å²) in [5, 5.41) is 0. The first-order chi connectivity index (χ1) is 15.0. The fourth-order valence-corrected chi connectivity index (χ4v) is 3.27. The van der Waals surface area contributed by atoms with Crippen molar-refractivity contribution in [2.24, 2.45) is 18.7 Å². The molecule has 0 N–H and O–H groups in total. The Balaban J connectivity index is 2.67. The molecule has 2 rings (SSSR count). The lowest BCUT2D eigenvalue weighted by molar-refractivity contribution is -0.00104. The van der Waals surface area contributed by atoms with Crippen molar-refractivity contribution in [1.29, 1.82) is 0 Å². The predicted molar refractivity (Wildman–Crippen MR) is 106 cm³/mol. The molecule has 0 spiro atoms. The maximum atomic E-state index is 12.9. The molecule has 2 unspecified atom stereocenters. The number of hydrogen-bond acceptors (Lipinski definition) is 8. The minimum atomic E-state index is -5.08. The lowest BCUT2D eigenvalue weighted by atomic mass is 10.1. The van der Waals surface area contributed by atoms with Gasteiger partial charge in [0.1, 0.15) is 11.4 Å². The summed E-state index contributed by atoms with van der Waals surface area (Å²) in [4.78, 5) is 7.45. The fourth-order valence-electron chi connectivity index (χ4n) is 2.10. The highest BCUT2D eigenvalue weighted by Crippen LogP contribution is 2.35. The van der Waals surface area contributed by atoms with Gasteiger partial charge in [0, 0.05) is 0 Å². The summed E-state index contributed by atoms with van der Waals surface area (Å²) < 4.78 is 112. The SMILES string of the molecule is C=Nc1ccc(N=C2C=CC(=C)C=C2N=S(=O)(OF)C(F)F)cc1N=S(=O)(OF)C(F)F. The molecule has 0 saturated carbocycles. The van der Waals surface area contributed by atoms with Crippen molar-refractivity contribution in [2.75, 3.05) is 0 Å². The summed E-state index contributed by atoms with van der Waals surface area (Å²) in [6, 6.07) is 3.28. The van der Waals surface area contributed by atoms with Crippen LogP contribution in [-0.4, -0.2) is 32.4 Å². The number of nitrogens with zero attached hydrogens (tertiary/aromatic N) is 4. The highest BCUT2D eigenvalue weighted by molar-refractivity contribution is 7.89. The summed E-state index contributed by atoms with van der Waals surface area (Å²) in [6.45, 7) is 6.70. The number of alkyl halides is 4. The summed E-state index contributed by atoms with van der Waals surface area (Å²) >= 11 is 0. The zero-order valence-electron chi connectivity index (χ0n) is 15.5. The van der Waals surface area contributed by atoms with Gasteiger partial charge < -0.3 is 0 Å². The van der Waals surface area contributed by atoms with E-state index in [9.17, 15) is 35.0 Å². The van der Waals surface area contributed by atoms with Crippen LogP contribution < -0.4 is 0 Å². The number of benzene rings is 1. The number of rotatable bonds is 8. The Bertz CT molecular complexity index is 1260. The molecule has 1 aliphatic carbocycles. The van der Waals surface area contributed by atoms with E-state index in [-0.39, 0.29) is 22.7 Å². The van der Waals surface area contributed by atoms with Crippen LogP contribution in [0.5, 0.6) is 0 Å². The van der Waals surface area contributed by atoms with Gasteiger partial charge in [-0.3, -0.25) is 4.99 Å². The van der Waals surface area contributed by atoms with E-state index in [2.05, 4.69) is 40.8 Å². The first-order valence-corrected chi connectivity index (χ1v) is 11.0. The molecule has 0 aromatic heterocycles. The molecule has 0 saturated heterocycles. The Morgan fingerprint density at radius 3 is 2.03 bits per heavy atom. The maximum Gasteiger partial charge on any atom is 0.345 e. The van der Waals surface area contributed by atoms with Gasteiger partial charge in [-0.2, -0.15) is 26.3 Å². The Hall–Kier alpha value is -2.82. The Morgan fingerprint density at radius 2 is 1.50 bits per heavy atom. The Morgan fingerprint density at radius 1 is 0.906 bits per heavy atom. The van der Waals surface area contributed by atoms with Crippen LogP contribution in [0.2, 0.25) is 0 Å². The fraction of sp³-hybridized carbons (Fsp3) is 0.125. The number of hydrogen-bond donors (Lipinski definition) is 0. The molecule has 0 radical (unpaired) electrons. The van der Waals surface area contributed by atoms with Crippen LogP contribution in [0.1, 0.15) is 0 Å². The van der Waals surface area contributed by atoms with Crippen molar-refractivity contribution < 1.29 is 43.8 Å². The quantitative estimate of drug-likeness (QED) is 0.334. The highest BCUT2D eigenvalue weighted by Gasteiger charge is 2.27. The average Bonchev–Trinajstić information content (AvgIpc) is 2.75. The van der Waals surface area contributed by atoms with Crippen molar-refractivity contribution in [1.82, 2.24) is 0 Å². The zero-order chi connectivity index (χ0) is 24.1. The Labute approximate surface area is 178 Å². The topological polar surface area (TPSA) is 102 Å². The molecule has 16 heteroatoms. The molecule has 0 aliphatic heterocycles. The predicted octanol–water partition coefficient (Wildman–Crippen LogP) is 5.75. The molecule has 174 valence electrons. The molecule has 1 aliphatic rings. The summed E-state index contributed by atoms with van der Waals surface area (Å²) in [7, 11) is -10.1. The second-order valence-corrected chi connectivity index (χ2v) is 9.02. The standard InChI is InChI=1S/C16H12F6N4O4S2/c1-9-3-5-12(13(7-9)25-31(27,29-21)15(17)18)24-10-4-6-11(23-2)14(8-10)26-32(28,30-22)16(19)20/h3-8,15-16H,1-2H2. The van der Waals surface area contributed by atoms with Gasteiger partial charge in [0.25, 0.3) is 20.0 Å². The van der Waals surface area contributed by atoms with Gasteiger partial charge in [0.05, 0.1) is 17.1 Å². The number of allylic oxidation sites excluding steroid dienone is 4. The molecular weight excluding hydrogens is 490 g/mol. The third kappa shape index (κ3) is 5.70. The van der Waals surface area contributed by atoms with Crippen molar-refractivity contribution in [2.45, 2.75) is 11.5 Å². The van der Waals surface area contributed by atoms with E-state index in [4.69, 9.17) is 0 Å². The molecule has 0 amide bonds. The normalized spacial score (nSPS) is 18.9. The second-order valence-electron chi connectivity index (χ2n) is 5.63.